The smallest absolute Gasteiger partial charge is 0.243 e. The lowest BCUT2D eigenvalue weighted by Crippen LogP contribution is -2.49. The van der Waals surface area contributed by atoms with Crippen LogP contribution in [-0.2, 0) is 10.0 Å². The minimum Gasteiger partial charge on any atom is -0.352 e. The zero-order valence-electron chi connectivity index (χ0n) is 18.8. The summed E-state index contributed by atoms with van der Waals surface area (Å²) < 4.78 is 27.9. The molecule has 0 N–H and O–H groups in total. The fourth-order valence-corrected chi connectivity index (χ4v) is 5.81. The molecule has 8 heteroatoms. The number of aryl methyl sites for hydroxylation is 4. The molecule has 3 aromatic rings. The summed E-state index contributed by atoms with van der Waals surface area (Å²) in [6, 6.07) is 13.6. The van der Waals surface area contributed by atoms with Gasteiger partial charge in [-0.15, -0.1) is 10.2 Å². The molecule has 0 amide bonds. The van der Waals surface area contributed by atoms with Crippen molar-refractivity contribution >= 4 is 27.4 Å². The molecule has 0 unspecified atom stereocenters. The molecule has 1 aromatic heterocycles. The molecule has 4 rings (SSSR count). The molecule has 168 valence electrons. The second-order valence-corrected chi connectivity index (χ2v) is 10.6. The third kappa shape index (κ3) is 4.37. The van der Waals surface area contributed by atoms with E-state index in [1.807, 2.05) is 19.1 Å². The highest BCUT2D eigenvalue weighted by atomic mass is 35.5. The third-order valence-electron chi connectivity index (χ3n) is 6.09. The first-order valence-electron chi connectivity index (χ1n) is 10.6. The lowest BCUT2D eigenvalue weighted by Gasteiger charge is -2.34. The number of piperazine rings is 1. The van der Waals surface area contributed by atoms with Gasteiger partial charge in [-0.05, 0) is 80.3 Å². The Morgan fingerprint density at radius 1 is 0.781 bits per heavy atom. The third-order valence-corrected chi connectivity index (χ3v) is 8.54. The molecule has 0 saturated carbocycles. The Labute approximate surface area is 194 Å². The molecule has 0 atom stereocenters. The summed E-state index contributed by atoms with van der Waals surface area (Å²) in [7, 11) is -3.58. The van der Waals surface area contributed by atoms with Gasteiger partial charge >= 0.3 is 0 Å². The van der Waals surface area contributed by atoms with Crippen LogP contribution in [0.3, 0.4) is 0 Å². The molecule has 0 bridgehead atoms. The van der Waals surface area contributed by atoms with Crippen LogP contribution in [0, 0.1) is 27.7 Å². The first-order chi connectivity index (χ1) is 15.2. The van der Waals surface area contributed by atoms with Crippen LogP contribution < -0.4 is 4.90 Å². The van der Waals surface area contributed by atoms with Gasteiger partial charge in [-0.3, -0.25) is 0 Å². The topological polar surface area (TPSA) is 66.4 Å². The van der Waals surface area contributed by atoms with Crippen LogP contribution in [0.1, 0.15) is 22.3 Å². The number of aromatic nitrogens is 2. The van der Waals surface area contributed by atoms with E-state index in [0.717, 1.165) is 22.6 Å². The fourth-order valence-electron chi connectivity index (χ4n) is 3.88. The predicted octanol–water partition coefficient (Wildman–Crippen LogP) is 4.54. The Bertz CT molecular complexity index is 1250. The summed E-state index contributed by atoms with van der Waals surface area (Å²) in [5.41, 5.74) is 5.75. The van der Waals surface area contributed by atoms with Crippen molar-refractivity contribution in [2.75, 3.05) is 31.1 Å². The van der Waals surface area contributed by atoms with Gasteiger partial charge in [0.25, 0.3) is 0 Å². The van der Waals surface area contributed by atoms with Crippen LogP contribution in [0.5, 0.6) is 0 Å². The van der Waals surface area contributed by atoms with Crippen molar-refractivity contribution in [2.24, 2.45) is 0 Å². The Morgan fingerprint density at radius 3 is 2.12 bits per heavy atom. The molecule has 1 saturated heterocycles. The number of anilines is 1. The molecule has 0 spiro atoms. The zero-order chi connectivity index (χ0) is 23.0. The van der Waals surface area contributed by atoms with Crippen LogP contribution in [0.25, 0.3) is 11.3 Å². The Morgan fingerprint density at radius 2 is 1.50 bits per heavy atom. The van der Waals surface area contributed by atoms with E-state index in [0.29, 0.717) is 41.7 Å². The number of halogens is 1. The normalized spacial score (nSPS) is 15.2. The van der Waals surface area contributed by atoms with Crippen molar-refractivity contribution < 1.29 is 8.42 Å². The number of rotatable bonds is 4. The minimum absolute atomic E-state index is 0.324. The second kappa shape index (κ2) is 8.81. The first kappa shape index (κ1) is 22.7. The number of hydrogen-bond donors (Lipinski definition) is 0. The lowest BCUT2D eigenvalue weighted by molar-refractivity contribution is 0.383. The van der Waals surface area contributed by atoms with Crippen LogP contribution >= 0.6 is 11.6 Å². The maximum absolute atomic E-state index is 13.2. The fraction of sp³-hybridized carbons (Fsp3) is 0.333. The van der Waals surface area contributed by atoms with E-state index in [9.17, 15) is 8.42 Å². The summed E-state index contributed by atoms with van der Waals surface area (Å²) >= 11 is 6.15. The largest absolute Gasteiger partial charge is 0.352 e. The van der Waals surface area contributed by atoms with Crippen molar-refractivity contribution in [3.8, 4) is 11.3 Å². The summed E-state index contributed by atoms with van der Waals surface area (Å²) in [6.45, 7) is 9.67. The predicted molar refractivity (Wildman–Crippen MR) is 129 cm³/mol. The summed E-state index contributed by atoms with van der Waals surface area (Å²) in [5, 5.41) is 9.39. The average molecular weight is 471 g/mol. The van der Waals surface area contributed by atoms with Gasteiger partial charge in [-0.25, -0.2) is 8.42 Å². The Kier molecular flexibility index (Phi) is 6.25. The van der Waals surface area contributed by atoms with E-state index >= 15 is 0 Å². The van der Waals surface area contributed by atoms with Gasteiger partial charge in [0, 0.05) is 36.8 Å². The van der Waals surface area contributed by atoms with Gasteiger partial charge in [0.2, 0.25) is 10.0 Å². The van der Waals surface area contributed by atoms with E-state index in [4.69, 9.17) is 11.6 Å². The Balaban J connectivity index is 1.46. The van der Waals surface area contributed by atoms with Crippen LogP contribution in [0.15, 0.2) is 47.4 Å². The van der Waals surface area contributed by atoms with Crippen LogP contribution in [0.4, 0.5) is 5.82 Å². The maximum atomic E-state index is 13.2. The highest BCUT2D eigenvalue weighted by Crippen LogP contribution is 2.28. The van der Waals surface area contributed by atoms with Crippen molar-refractivity contribution in [1.29, 1.82) is 0 Å². The molecule has 6 nitrogen and oxygen atoms in total. The second-order valence-electron chi connectivity index (χ2n) is 8.33. The molecular weight excluding hydrogens is 444 g/mol. The van der Waals surface area contributed by atoms with E-state index in [2.05, 4.69) is 47.1 Å². The number of nitrogens with zero attached hydrogens (tertiary/aromatic N) is 4. The van der Waals surface area contributed by atoms with Crippen LogP contribution in [-0.4, -0.2) is 49.1 Å². The highest BCUT2D eigenvalue weighted by molar-refractivity contribution is 7.89. The lowest BCUT2D eigenvalue weighted by atomic mass is 10.0. The molecular formula is C24H27ClN4O2S. The van der Waals surface area contributed by atoms with Gasteiger partial charge < -0.3 is 4.90 Å². The minimum atomic E-state index is -3.58. The molecule has 1 fully saturated rings. The van der Waals surface area contributed by atoms with Gasteiger partial charge in [-0.2, -0.15) is 4.31 Å². The zero-order valence-corrected chi connectivity index (χ0v) is 20.3. The molecule has 2 heterocycles. The first-order valence-corrected chi connectivity index (χ1v) is 12.4. The molecule has 2 aromatic carbocycles. The van der Waals surface area contributed by atoms with Crippen molar-refractivity contribution in [1.82, 2.24) is 14.5 Å². The molecule has 0 radical (unpaired) electrons. The molecule has 1 aliphatic rings. The molecule has 32 heavy (non-hydrogen) atoms. The quantitative estimate of drug-likeness (QED) is 0.560. The van der Waals surface area contributed by atoms with Gasteiger partial charge in [0.15, 0.2) is 5.82 Å². The monoisotopic (exact) mass is 470 g/mol. The average Bonchev–Trinajstić information content (AvgIpc) is 2.78. The Hall–Kier alpha value is -2.48. The maximum Gasteiger partial charge on any atom is 0.243 e. The van der Waals surface area contributed by atoms with Gasteiger partial charge in [0.1, 0.15) is 0 Å². The highest BCUT2D eigenvalue weighted by Gasteiger charge is 2.30. The van der Waals surface area contributed by atoms with Crippen LogP contribution in [0.2, 0.25) is 5.02 Å². The van der Waals surface area contributed by atoms with Gasteiger partial charge in [0.05, 0.1) is 10.6 Å². The standard InChI is InChI=1S/C24H27ClN4O2S/c1-16-5-6-20(13-17(16)2)22-7-8-24(27-26-22)28-9-11-29(12-10-28)32(30,31)23-15-18(3)21(25)14-19(23)4/h5-8,13-15H,9-12H2,1-4H3. The van der Waals surface area contributed by atoms with Crippen molar-refractivity contribution in [2.45, 2.75) is 32.6 Å². The van der Waals surface area contributed by atoms with E-state index < -0.39 is 10.0 Å². The molecule has 0 aliphatic carbocycles. The van der Waals surface area contributed by atoms with E-state index in [1.54, 1.807) is 19.1 Å². The molecule has 1 aliphatic heterocycles. The number of benzene rings is 2. The SMILES string of the molecule is Cc1ccc(-c2ccc(N3CCN(S(=O)(=O)c4cc(C)c(Cl)cc4C)CC3)nn2)cc1C. The number of hydrogen-bond acceptors (Lipinski definition) is 5. The van der Waals surface area contributed by atoms with E-state index in [-0.39, 0.29) is 0 Å². The summed E-state index contributed by atoms with van der Waals surface area (Å²) in [4.78, 5) is 2.40. The number of sulfonamides is 1. The van der Waals surface area contributed by atoms with Gasteiger partial charge in [-0.1, -0.05) is 23.7 Å². The van der Waals surface area contributed by atoms with Crippen molar-refractivity contribution in [3.05, 3.63) is 69.7 Å². The van der Waals surface area contributed by atoms with E-state index in [1.165, 1.54) is 15.4 Å². The summed E-state index contributed by atoms with van der Waals surface area (Å²) in [6.07, 6.45) is 0. The van der Waals surface area contributed by atoms with Crippen molar-refractivity contribution in [3.63, 3.8) is 0 Å². The summed E-state index contributed by atoms with van der Waals surface area (Å²) in [5.74, 6) is 0.758.